The lowest BCUT2D eigenvalue weighted by Gasteiger charge is -2.25. The topological polar surface area (TPSA) is 167 Å². The molecule has 0 radical (unpaired) electrons. The molecule has 0 amide bonds. The molecule has 0 aliphatic rings. The first-order chi connectivity index (χ1) is 16.9. The molecule has 0 rings (SSSR count). The van der Waals surface area contributed by atoms with E-state index >= 15 is 0 Å². The average molecular weight is 535 g/mol. The second-order valence-corrected chi connectivity index (χ2v) is 9.02. The Morgan fingerprint density at radius 2 is 0.730 bits per heavy atom. The highest BCUT2D eigenvalue weighted by Crippen LogP contribution is 2.13. The lowest BCUT2D eigenvalue weighted by Crippen LogP contribution is -2.39. The quantitative estimate of drug-likeness (QED) is 0.246. The lowest BCUT2D eigenvalue weighted by molar-refractivity contribution is -0.188. The summed E-state index contributed by atoms with van der Waals surface area (Å²) in [5, 5.41) is 0. The van der Waals surface area contributed by atoms with Crippen molar-refractivity contribution in [2.24, 2.45) is 0 Å². The normalized spacial score (nSPS) is 16.1. The number of ether oxygens (including phenoxy) is 7. The van der Waals surface area contributed by atoms with E-state index in [9.17, 15) is 28.8 Å². The molecular weight excluding hydrogens is 496 g/mol. The van der Waals surface area contributed by atoms with E-state index in [1.807, 2.05) is 0 Å². The predicted molar refractivity (Wildman–Crippen MR) is 125 cm³/mol. The van der Waals surface area contributed by atoms with Gasteiger partial charge in [0.25, 0.3) is 0 Å². The van der Waals surface area contributed by atoms with Gasteiger partial charge in [0.1, 0.15) is 0 Å². The van der Waals surface area contributed by atoms with Crippen molar-refractivity contribution in [3.8, 4) is 0 Å². The van der Waals surface area contributed by atoms with Crippen molar-refractivity contribution in [1.29, 1.82) is 0 Å². The molecule has 0 aromatic carbocycles. The highest BCUT2D eigenvalue weighted by Gasteiger charge is 2.32. The first-order valence-electron chi connectivity index (χ1n) is 11.8. The van der Waals surface area contributed by atoms with E-state index in [1.165, 1.54) is 41.5 Å². The van der Waals surface area contributed by atoms with Crippen LogP contribution < -0.4 is 0 Å². The molecule has 0 heterocycles. The summed E-state index contributed by atoms with van der Waals surface area (Å²) in [4.78, 5) is 72.2. The van der Waals surface area contributed by atoms with Crippen molar-refractivity contribution in [1.82, 2.24) is 0 Å². The summed E-state index contributed by atoms with van der Waals surface area (Å²) < 4.78 is 34.8. The van der Waals surface area contributed by atoms with Gasteiger partial charge in [-0.15, -0.1) is 0 Å². The van der Waals surface area contributed by atoms with Crippen LogP contribution in [0, 0.1) is 0 Å². The fourth-order valence-electron chi connectivity index (χ4n) is 2.43. The molecule has 212 valence electrons. The summed E-state index contributed by atoms with van der Waals surface area (Å²) in [6.07, 6.45) is -7.86. The zero-order valence-corrected chi connectivity index (χ0v) is 23.0. The third-order valence-electron chi connectivity index (χ3n) is 4.27. The first-order valence-corrected chi connectivity index (χ1v) is 11.8. The summed E-state index contributed by atoms with van der Waals surface area (Å²) >= 11 is 0. The smallest absolute Gasteiger partial charge is 0.347 e. The van der Waals surface area contributed by atoms with Gasteiger partial charge in [0, 0.05) is 0 Å². The van der Waals surface area contributed by atoms with Crippen LogP contribution in [0.25, 0.3) is 0 Å². The van der Waals surface area contributed by atoms with Crippen molar-refractivity contribution in [2.75, 3.05) is 6.61 Å². The third kappa shape index (κ3) is 13.1. The molecular formula is C24H38O13. The van der Waals surface area contributed by atoms with Crippen molar-refractivity contribution in [2.45, 2.75) is 111 Å². The number of carbonyl (C=O) groups excluding carboxylic acids is 6. The summed E-state index contributed by atoms with van der Waals surface area (Å²) in [5.74, 6) is -5.78. The van der Waals surface area contributed by atoms with Crippen LogP contribution in [0.3, 0.4) is 0 Å². The number of hydrogen-bond acceptors (Lipinski definition) is 13. The SMILES string of the molecule is CCOC(=O)C(C)OC(=O)C(C)OC(=O)C(C)OC(=O)C(C)OC(=O)C(C)OC(=O)C(C)OC(C)(C)C. The Labute approximate surface area is 216 Å². The zero-order chi connectivity index (χ0) is 29.1. The summed E-state index contributed by atoms with van der Waals surface area (Å²) in [5.41, 5.74) is -0.614. The van der Waals surface area contributed by atoms with Gasteiger partial charge in [-0.1, -0.05) is 0 Å². The van der Waals surface area contributed by atoms with Crippen LogP contribution in [-0.2, 0) is 61.9 Å². The maximum Gasteiger partial charge on any atom is 0.347 e. The van der Waals surface area contributed by atoms with E-state index in [1.54, 1.807) is 27.7 Å². The van der Waals surface area contributed by atoms with Crippen molar-refractivity contribution in [3.63, 3.8) is 0 Å². The Balaban J connectivity index is 4.71. The molecule has 0 aromatic rings. The van der Waals surface area contributed by atoms with Crippen molar-refractivity contribution >= 4 is 35.8 Å². The second-order valence-electron chi connectivity index (χ2n) is 9.02. The molecule has 6 atom stereocenters. The van der Waals surface area contributed by atoms with Gasteiger partial charge in [0.05, 0.1) is 12.2 Å². The van der Waals surface area contributed by atoms with E-state index in [2.05, 4.69) is 0 Å². The highest BCUT2D eigenvalue weighted by atomic mass is 16.7. The monoisotopic (exact) mass is 534 g/mol. The van der Waals surface area contributed by atoms with E-state index in [4.69, 9.17) is 33.2 Å². The van der Waals surface area contributed by atoms with Gasteiger partial charge < -0.3 is 33.2 Å². The molecule has 13 heteroatoms. The molecule has 0 N–H and O–H groups in total. The molecule has 0 spiro atoms. The minimum absolute atomic E-state index is 0.0948. The minimum Gasteiger partial charge on any atom is -0.463 e. The Morgan fingerprint density at radius 3 is 0.973 bits per heavy atom. The summed E-state index contributed by atoms with van der Waals surface area (Å²) in [7, 11) is 0. The molecule has 6 unspecified atom stereocenters. The Hall–Kier alpha value is -3.22. The predicted octanol–water partition coefficient (Wildman–Crippen LogP) is 1.41. The summed E-state index contributed by atoms with van der Waals surface area (Å²) in [6, 6.07) is 0. The molecule has 0 saturated carbocycles. The van der Waals surface area contributed by atoms with Gasteiger partial charge in [0.2, 0.25) is 0 Å². The lowest BCUT2D eigenvalue weighted by atomic mass is 10.2. The Kier molecular flexibility index (Phi) is 13.8. The molecule has 0 fully saturated rings. The average Bonchev–Trinajstić information content (AvgIpc) is 2.77. The molecule has 0 bridgehead atoms. The Morgan fingerprint density at radius 1 is 0.486 bits per heavy atom. The number of carbonyl (C=O) groups is 6. The number of esters is 6. The molecule has 0 aliphatic carbocycles. The van der Waals surface area contributed by atoms with E-state index < -0.39 is 78.0 Å². The van der Waals surface area contributed by atoms with Gasteiger partial charge in [0.15, 0.2) is 36.6 Å². The molecule has 0 saturated heterocycles. The fraction of sp³-hybridized carbons (Fsp3) is 0.750. The van der Waals surface area contributed by atoms with Crippen LogP contribution in [0.1, 0.15) is 69.2 Å². The third-order valence-corrected chi connectivity index (χ3v) is 4.27. The van der Waals surface area contributed by atoms with Crippen molar-refractivity contribution in [3.05, 3.63) is 0 Å². The standard InChI is InChI=1S/C24H38O13/c1-11-31-18(25)12(2)32-19(26)13(3)33-20(27)14(4)34-21(28)15(5)35-22(29)16(6)36-23(30)17(7)37-24(8,9)10/h12-17H,11H2,1-10H3. The maximum atomic E-state index is 12.2. The van der Waals surface area contributed by atoms with Gasteiger partial charge in [-0.3, -0.25) is 0 Å². The largest absolute Gasteiger partial charge is 0.463 e. The van der Waals surface area contributed by atoms with Gasteiger partial charge in [-0.2, -0.15) is 0 Å². The Bertz CT molecular complexity index is 829. The fourth-order valence-corrected chi connectivity index (χ4v) is 2.43. The van der Waals surface area contributed by atoms with E-state index in [-0.39, 0.29) is 6.61 Å². The molecule has 13 nitrogen and oxygen atoms in total. The zero-order valence-electron chi connectivity index (χ0n) is 23.0. The van der Waals surface area contributed by atoms with Crippen LogP contribution in [0.2, 0.25) is 0 Å². The van der Waals surface area contributed by atoms with E-state index in [0.29, 0.717) is 0 Å². The van der Waals surface area contributed by atoms with Gasteiger partial charge in [-0.25, -0.2) is 28.8 Å². The van der Waals surface area contributed by atoms with Gasteiger partial charge >= 0.3 is 35.8 Å². The van der Waals surface area contributed by atoms with Gasteiger partial charge in [-0.05, 0) is 69.2 Å². The maximum absolute atomic E-state index is 12.2. The van der Waals surface area contributed by atoms with Crippen LogP contribution in [0.15, 0.2) is 0 Å². The van der Waals surface area contributed by atoms with Crippen LogP contribution >= 0.6 is 0 Å². The van der Waals surface area contributed by atoms with Crippen LogP contribution in [-0.4, -0.2) is 84.6 Å². The molecule has 37 heavy (non-hydrogen) atoms. The summed E-state index contributed by atoms with van der Waals surface area (Å²) in [6.45, 7) is 14.5. The minimum atomic E-state index is -1.47. The highest BCUT2D eigenvalue weighted by molar-refractivity contribution is 5.86. The second kappa shape index (κ2) is 15.1. The number of rotatable bonds is 13. The van der Waals surface area contributed by atoms with Crippen molar-refractivity contribution < 1.29 is 61.9 Å². The van der Waals surface area contributed by atoms with E-state index in [0.717, 1.165) is 0 Å². The number of hydrogen-bond donors (Lipinski definition) is 0. The van der Waals surface area contributed by atoms with Crippen LogP contribution in [0.4, 0.5) is 0 Å². The molecule has 0 aliphatic heterocycles. The first kappa shape index (κ1) is 33.8. The van der Waals surface area contributed by atoms with Crippen LogP contribution in [0.5, 0.6) is 0 Å². The molecule has 0 aromatic heterocycles.